The van der Waals surface area contributed by atoms with E-state index < -0.39 is 11.6 Å². The van der Waals surface area contributed by atoms with Gasteiger partial charge in [0.15, 0.2) is 0 Å². The van der Waals surface area contributed by atoms with E-state index in [-0.39, 0.29) is 11.8 Å². The van der Waals surface area contributed by atoms with E-state index in [1.165, 1.54) is 0 Å². The summed E-state index contributed by atoms with van der Waals surface area (Å²) in [6.07, 6.45) is 6.21. The number of hydrogen-bond acceptors (Lipinski definition) is 3. The van der Waals surface area contributed by atoms with Gasteiger partial charge in [0.25, 0.3) is 5.91 Å². The van der Waals surface area contributed by atoms with E-state index in [0.29, 0.717) is 31.5 Å². The van der Waals surface area contributed by atoms with Gasteiger partial charge in [0, 0.05) is 18.7 Å². The Balaban J connectivity index is 2.04. The summed E-state index contributed by atoms with van der Waals surface area (Å²) in [6.45, 7) is 3.02. The fourth-order valence-corrected chi connectivity index (χ4v) is 3.36. The molecule has 0 aliphatic heterocycles. The molecule has 0 radical (unpaired) electrons. The van der Waals surface area contributed by atoms with Crippen LogP contribution in [0.5, 0.6) is 0 Å². The average Bonchev–Trinajstić information content (AvgIpc) is 2.67. The number of unbranched alkanes of at least 4 members (excludes halogenated alkanes) is 1. The van der Waals surface area contributed by atoms with Gasteiger partial charge in [-0.1, -0.05) is 44.7 Å². The molecule has 1 aliphatic carbocycles. The van der Waals surface area contributed by atoms with Crippen molar-refractivity contribution in [1.82, 2.24) is 16.0 Å². The summed E-state index contributed by atoms with van der Waals surface area (Å²) in [4.78, 5) is 36.3. The Kier molecular flexibility index (Phi) is 7.64. The maximum absolute atomic E-state index is 12.8. The lowest BCUT2D eigenvalue weighted by Crippen LogP contribution is -2.59. The molecule has 0 spiro atoms. The second-order valence-electron chi connectivity index (χ2n) is 7.12. The molecule has 7 heteroatoms. The molecule has 1 aromatic rings. The van der Waals surface area contributed by atoms with Gasteiger partial charge in [0.1, 0.15) is 5.54 Å². The van der Waals surface area contributed by atoms with Crippen molar-refractivity contribution in [2.75, 3.05) is 6.54 Å². The largest absolute Gasteiger partial charge is 0.354 e. The zero-order chi connectivity index (χ0) is 19.7. The molecule has 2 rings (SSSR count). The fraction of sp³-hybridized carbons (Fsp3) is 0.550. The smallest absolute Gasteiger partial charge is 0.312 e. The minimum atomic E-state index is -0.824. The molecule has 7 nitrogen and oxygen atoms in total. The van der Waals surface area contributed by atoms with Gasteiger partial charge in [-0.05, 0) is 37.0 Å². The highest BCUT2D eigenvalue weighted by molar-refractivity contribution is 5.99. The molecule has 5 N–H and O–H groups in total. The molecular weight excluding hydrogens is 344 g/mol. The van der Waals surface area contributed by atoms with E-state index in [2.05, 4.69) is 22.9 Å². The van der Waals surface area contributed by atoms with Crippen molar-refractivity contribution in [2.24, 2.45) is 5.73 Å². The third-order valence-electron chi connectivity index (χ3n) is 4.99. The van der Waals surface area contributed by atoms with Gasteiger partial charge in [-0.15, -0.1) is 0 Å². The molecule has 0 saturated heterocycles. The maximum Gasteiger partial charge on any atom is 0.312 e. The number of rotatable bonds is 8. The molecule has 0 unspecified atom stereocenters. The van der Waals surface area contributed by atoms with Crippen LogP contribution < -0.4 is 21.7 Å². The van der Waals surface area contributed by atoms with E-state index in [4.69, 9.17) is 5.73 Å². The van der Waals surface area contributed by atoms with Crippen LogP contribution in [0.15, 0.2) is 24.3 Å². The van der Waals surface area contributed by atoms with E-state index in [1.54, 1.807) is 24.3 Å². The summed E-state index contributed by atoms with van der Waals surface area (Å²) >= 11 is 0. The predicted octanol–water partition coefficient (Wildman–Crippen LogP) is 2.20. The number of carbonyl (C=O) groups is 3. The van der Waals surface area contributed by atoms with Crippen molar-refractivity contribution in [3.8, 4) is 0 Å². The molecule has 0 aromatic heterocycles. The molecule has 0 heterocycles. The number of nitrogens with two attached hydrogens (primary N) is 1. The van der Waals surface area contributed by atoms with Crippen molar-refractivity contribution < 1.29 is 14.4 Å². The Morgan fingerprint density at radius 2 is 1.70 bits per heavy atom. The normalized spacial score (nSPS) is 15.6. The predicted molar refractivity (Wildman–Crippen MR) is 104 cm³/mol. The number of benzene rings is 1. The van der Waals surface area contributed by atoms with Crippen molar-refractivity contribution in [2.45, 2.75) is 64.0 Å². The first-order chi connectivity index (χ1) is 13.0. The summed E-state index contributed by atoms with van der Waals surface area (Å²) in [6, 6.07) is 6.32. The van der Waals surface area contributed by atoms with Crippen LogP contribution in [0.25, 0.3) is 0 Å². The molecule has 1 aliphatic rings. The Bertz CT molecular complexity index is 652. The number of hydrogen-bond donors (Lipinski definition) is 4. The summed E-state index contributed by atoms with van der Waals surface area (Å²) in [5, 5.41) is 8.49. The van der Waals surface area contributed by atoms with Gasteiger partial charge in [-0.25, -0.2) is 4.79 Å². The number of nitrogens with one attached hydrogen (secondary N) is 3. The van der Waals surface area contributed by atoms with E-state index in [9.17, 15) is 14.4 Å². The standard InChI is InChI=1S/C20H30N4O3/c1-2-3-13-22-18(26)20(11-5-4-6-12-20)24-17(25)16-9-7-15(8-10-16)14-23-19(21)27/h7-10H,2-6,11-14H2,1H3,(H,22,26)(H,24,25)(H3,21,23,27). The molecule has 1 saturated carbocycles. The minimum absolute atomic E-state index is 0.0775. The highest BCUT2D eigenvalue weighted by atomic mass is 16.2. The second-order valence-corrected chi connectivity index (χ2v) is 7.12. The van der Waals surface area contributed by atoms with Crippen molar-refractivity contribution in [3.63, 3.8) is 0 Å². The van der Waals surface area contributed by atoms with Crippen LogP contribution in [0.2, 0.25) is 0 Å². The Morgan fingerprint density at radius 1 is 1.04 bits per heavy atom. The third-order valence-corrected chi connectivity index (χ3v) is 4.99. The topological polar surface area (TPSA) is 113 Å². The number of amides is 4. The summed E-state index contributed by atoms with van der Waals surface area (Å²) in [7, 11) is 0. The van der Waals surface area contributed by atoms with Crippen LogP contribution >= 0.6 is 0 Å². The number of carbonyl (C=O) groups excluding carboxylic acids is 3. The summed E-state index contributed by atoms with van der Waals surface area (Å²) < 4.78 is 0. The zero-order valence-electron chi connectivity index (χ0n) is 16.0. The first-order valence-electron chi connectivity index (χ1n) is 9.70. The van der Waals surface area contributed by atoms with Crippen LogP contribution in [0.1, 0.15) is 67.8 Å². The van der Waals surface area contributed by atoms with E-state index in [1.807, 2.05) is 0 Å². The highest BCUT2D eigenvalue weighted by Gasteiger charge is 2.40. The lowest BCUT2D eigenvalue weighted by molar-refractivity contribution is -0.128. The van der Waals surface area contributed by atoms with Gasteiger partial charge < -0.3 is 21.7 Å². The van der Waals surface area contributed by atoms with Gasteiger partial charge >= 0.3 is 6.03 Å². The molecule has 148 valence electrons. The van der Waals surface area contributed by atoms with E-state index in [0.717, 1.165) is 37.7 Å². The van der Waals surface area contributed by atoms with Crippen LogP contribution in [-0.2, 0) is 11.3 Å². The van der Waals surface area contributed by atoms with Gasteiger partial charge in [-0.3, -0.25) is 9.59 Å². The second kappa shape index (κ2) is 9.94. The highest BCUT2D eigenvalue weighted by Crippen LogP contribution is 2.29. The van der Waals surface area contributed by atoms with E-state index >= 15 is 0 Å². The zero-order valence-corrected chi connectivity index (χ0v) is 16.0. The lowest BCUT2D eigenvalue weighted by atomic mass is 9.80. The Morgan fingerprint density at radius 3 is 2.30 bits per heavy atom. The first-order valence-corrected chi connectivity index (χ1v) is 9.70. The quantitative estimate of drug-likeness (QED) is 0.523. The maximum atomic E-state index is 12.8. The number of urea groups is 1. The Labute approximate surface area is 160 Å². The molecule has 4 amide bonds. The monoisotopic (exact) mass is 374 g/mol. The Hall–Kier alpha value is -2.57. The molecule has 1 fully saturated rings. The van der Waals surface area contributed by atoms with Gasteiger partial charge in [-0.2, -0.15) is 0 Å². The SMILES string of the molecule is CCCCNC(=O)C1(NC(=O)c2ccc(CNC(N)=O)cc2)CCCCC1. The van der Waals surface area contributed by atoms with Crippen LogP contribution in [0.4, 0.5) is 4.79 Å². The first kappa shape index (κ1) is 20.7. The van der Waals surface area contributed by atoms with Crippen LogP contribution in [0, 0.1) is 0 Å². The minimum Gasteiger partial charge on any atom is -0.354 e. The van der Waals surface area contributed by atoms with Gasteiger partial charge in [0.05, 0.1) is 0 Å². The molecule has 0 atom stereocenters. The average molecular weight is 374 g/mol. The summed E-state index contributed by atoms with van der Waals surface area (Å²) in [5.41, 5.74) is 5.57. The summed E-state index contributed by atoms with van der Waals surface area (Å²) in [5.74, 6) is -0.330. The van der Waals surface area contributed by atoms with Crippen LogP contribution in [0.3, 0.4) is 0 Å². The molecule has 1 aromatic carbocycles. The molecular formula is C20H30N4O3. The van der Waals surface area contributed by atoms with Gasteiger partial charge in [0.2, 0.25) is 5.91 Å². The molecule has 0 bridgehead atoms. The van der Waals surface area contributed by atoms with Crippen molar-refractivity contribution in [1.29, 1.82) is 0 Å². The van der Waals surface area contributed by atoms with Crippen molar-refractivity contribution >= 4 is 17.8 Å². The lowest BCUT2D eigenvalue weighted by Gasteiger charge is -2.36. The third kappa shape index (κ3) is 5.98. The molecule has 27 heavy (non-hydrogen) atoms. The number of primary amides is 1. The van der Waals surface area contributed by atoms with Crippen LogP contribution in [-0.4, -0.2) is 29.9 Å². The fourth-order valence-electron chi connectivity index (χ4n) is 3.36. The van der Waals surface area contributed by atoms with Crippen molar-refractivity contribution in [3.05, 3.63) is 35.4 Å².